The summed E-state index contributed by atoms with van der Waals surface area (Å²) in [5, 5.41) is 0. The number of carbonyl (C=O) groups is 1. The molecule has 2 N–H and O–H groups in total. The van der Waals surface area contributed by atoms with Crippen molar-refractivity contribution in [2.24, 2.45) is 0 Å². The Morgan fingerprint density at radius 2 is 1.78 bits per heavy atom. The average molecular weight is 241 g/mol. The fourth-order valence-corrected chi connectivity index (χ4v) is 1.77. The van der Waals surface area contributed by atoms with Gasteiger partial charge >= 0.3 is 5.97 Å². The highest BCUT2D eigenvalue weighted by molar-refractivity contribution is 5.76. The zero-order valence-corrected chi connectivity index (χ0v) is 10.4. The predicted octanol–water partition coefficient (Wildman–Crippen LogP) is 3.17. The van der Waals surface area contributed by atoms with E-state index < -0.39 is 0 Å². The maximum atomic E-state index is 11.1. The first-order chi connectivity index (χ1) is 8.58. The molecule has 0 spiro atoms. The number of ether oxygens (including phenoxy) is 1. The molecular formula is C15H15NO2. The summed E-state index contributed by atoms with van der Waals surface area (Å²) in [6.45, 7) is 3.22. The van der Waals surface area contributed by atoms with E-state index in [1.807, 2.05) is 49.4 Å². The number of anilines is 1. The Labute approximate surface area is 106 Å². The molecule has 2 aromatic carbocycles. The summed E-state index contributed by atoms with van der Waals surface area (Å²) in [4.78, 5) is 11.1. The van der Waals surface area contributed by atoms with E-state index in [2.05, 4.69) is 0 Å². The topological polar surface area (TPSA) is 52.3 Å². The molecule has 0 heterocycles. The van der Waals surface area contributed by atoms with Crippen molar-refractivity contribution in [3.05, 3.63) is 48.0 Å². The zero-order chi connectivity index (χ0) is 13.1. The predicted molar refractivity (Wildman–Crippen MR) is 72.3 cm³/mol. The van der Waals surface area contributed by atoms with Crippen LogP contribution in [0.1, 0.15) is 12.5 Å². The van der Waals surface area contributed by atoms with E-state index in [1.165, 1.54) is 6.92 Å². The molecule has 2 rings (SSSR count). The molecule has 3 heteroatoms. The van der Waals surface area contributed by atoms with E-state index in [1.54, 1.807) is 0 Å². The lowest BCUT2D eigenvalue weighted by atomic mass is 10.0. The van der Waals surface area contributed by atoms with Crippen LogP contribution in [0.4, 0.5) is 5.69 Å². The van der Waals surface area contributed by atoms with E-state index >= 15 is 0 Å². The van der Waals surface area contributed by atoms with Crippen molar-refractivity contribution in [3.8, 4) is 16.9 Å². The van der Waals surface area contributed by atoms with Gasteiger partial charge in [-0.2, -0.15) is 0 Å². The van der Waals surface area contributed by atoms with Crippen LogP contribution in [0.25, 0.3) is 11.1 Å². The van der Waals surface area contributed by atoms with Crippen LogP contribution in [-0.4, -0.2) is 5.97 Å². The standard InChI is InChI=1S/C15H15NO2/c1-10-14(16)8-13(9-15(10)18-11(2)17)12-6-4-3-5-7-12/h3-9H,16H2,1-2H3. The number of carbonyl (C=O) groups excluding carboxylic acids is 1. The minimum absolute atomic E-state index is 0.345. The second kappa shape index (κ2) is 4.92. The summed E-state index contributed by atoms with van der Waals surface area (Å²) in [5.41, 5.74) is 9.32. The highest BCUT2D eigenvalue weighted by Crippen LogP contribution is 2.31. The minimum atomic E-state index is -0.345. The first kappa shape index (κ1) is 12.2. The monoisotopic (exact) mass is 241 g/mol. The lowest BCUT2D eigenvalue weighted by molar-refractivity contribution is -0.131. The third kappa shape index (κ3) is 2.51. The molecule has 0 saturated heterocycles. The Morgan fingerprint density at radius 3 is 2.39 bits per heavy atom. The number of nitrogen functional groups attached to an aromatic ring is 1. The van der Waals surface area contributed by atoms with Gasteiger partial charge in [0.2, 0.25) is 0 Å². The highest BCUT2D eigenvalue weighted by Gasteiger charge is 2.09. The quantitative estimate of drug-likeness (QED) is 0.499. The van der Waals surface area contributed by atoms with Crippen LogP contribution in [-0.2, 0) is 4.79 Å². The Balaban J connectivity index is 2.51. The molecule has 0 aliphatic heterocycles. The van der Waals surface area contributed by atoms with Crippen LogP contribution < -0.4 is 10.5 Å². The van der Waals surface area contributed by atoms with E-state index in [9.17, 15) is 4.79 Å². The third-order valence-electron chi connectivity index (χ3n) is 2.76. The third-order valence-corrected chi connectivity index (χ3v) is 2.76. The minimum Gasteiger partial charge on any atom is -0.426 e. The summed E-state index contributed by atoms with van der Waals surface area (Å²) in [5.74, 6) is 0.170. The van der Waals surface area contributed by atoms with Gasteiger partial charge in [0.15, 0.2) is 0 Å². The molecule has 3 nitrogen and oxygen atoms in total. The van der Waals surface area contributed by atoms with Gasteiger partial charge in [-0.1, -0.05) is 30.3 Å². The summed E-state index contributed by atoms with van der Waals surface area (Å²) >= 11 is 0. The Bertz CT molecular complexity index is 577. The van der Waals surface area contributed by atoms with E-state index in [-0.39, 0.29) is 5.97 Å². The van der Waals surface area contributed by atoms with Gasteiger partial charge in [0.25, 0.3) is 0 Å². The van der Waals surface area contributed by atoms with Gasteiger partial charge in [0.1, 0.15) is 5.75 Å². The number of benzene rings is 2. The van der Waals surface area contributed by atoms with E-state index in [0.717, 1.165) is 16.7 Å². The maximum Gasteiger partial charge on any atom is 0.308 e. The van der Waals surface area contributed by atoms with Crippen LogP contribution in [0.15, 0.2) is 42.5 Å². The molecule has 0 aromatic heterocycles. The Hall–Kier alpha value is -2.29. The number of esters is 1. The molecule has 92 valence electrons. The van der Waals surface area contributed by atoms with Crippen molar-refractivity contribution in [3.63, 3.8) is 0 Å². The van der Waals surface area contributed by atoms with Crippen LogP contribution in [0.3, 0.4) is 0 Å². The van der Waals surface area contributed by atoms with Crippen LogP contribution >= 0.6 is 0 Å². The van der Waals surface area contributed by atoms with Gasteiger partial charge in [0.05, 0.1) is 0 Å². The number of hydrogen-bond acceptors (Lipinski definition) is 3. The second-order valence-electron chi connectivity index (χ2n) is 4.15. The van der Waals surface area contributed by atoms with Gasteiger partial charge in [-0.15, -0.1) is 0 Å². The molecule has 0 bridgehead atoms. The molecule has 0 aliphatic carbocycles. The van der Waals surface area contributed by atoms with Gasteiger partial charge in [0, 0.05) is 18.2 Å². The Kier molecular flexibility index (Phi) is 3.33. The maximum absolute atomic E-state index is 11.1. The van der Waals surface area contributed by atoms with Crippen molar-refractivity contribution in [1.82, 2.24) is 0 Å². The molecule has 0 amide bonds. The first-order valence-electron chi connectivity index (χ1n) is 5.72. The van der Waals surface area contributed by atoms with E-state index in [4.69, 9.17) is 10.5 Å². The highest BCUT2D eigenvalue weighted by atomic mass is 16.5. The Morgan fingerprint density at radius 1 is 1.11 bits per heavy atom. The largest absolute Gasteiger partial charge is 0.426 e. The van der Waals surface area contributed by atoms with Crippen molar-refractivity contribution in [2.75, 3.05) is 5.73 Å². The fourth-order valence-electron chi connectivity index (χ4n) is 1.77. The summed E-state index contributed by atoms with van der Waals surface area (Å²) in [7, 11) is 0. The first-order valence-corrected chi connectivity index (χ1v) is 5.72. The summed E-state index contributed by atoms with van der Waals surface area (Å²) in [6, 6.07) is 13.6. The molecule has 0 unspecified atom stereocenters. The molecular weight excluding hydrogens is 226 g/mol. The lowest BCUT2D eigenvalue weighted by Crippen LogP contribution is -2.04. The number of hydrogen-bond donors (Lipinski definition) is 1. The number of rotatable bonds is 2. The molecule has 0 radical (unpaired) electrons. The average Bonchev–Trinajstić information content (AvgIpc) is 2.35. The molecule has 0 saturated carbocycles. The molecule has 2 aromatic rings. The molecule has 0 aliphatic rings. The molecule has 18 heavy (non-hydrogen) atoms. The van der Waals surface area contributed by atoms with Crippen LogP contribution in [0.5, 0.6) is 5.75 Å². The SMILES string of the molecule is CC(=O)Oc1cc(-c2ccccc2)cc(N)c1C. The molecule has 0 atom stereocenters. The van der Waals surface area contributed by atoms with E-state index in [0.29, 0.717) is 11.4 Å². The van der Waals surface area contributed by atoms with Crippen LogP contribution in [0.2, 0.25) is 0 Å². The zero-order valence-electron chi connectivity index (χ0n) is 10.4. The van der Waals surface area contributed by atoms with Crippen molar-refractivity contribution in [1.29, 1.82) is 0 Å². The van der Waals surface area contributed by atoms with Crippen molar-refractivity contribution < 1.29 is 9.53 Å². The van der Waals surface area contributed by atoms with Crippen molar-refractivity contribution >= 4 is 11.7 Å². The normalized spacial score (nSPS) is 10.1. The van der Waals surface area contributed by atoms with Crippen molar-refractivity contribution in [2.45, 2.75) is 13.8 Å². The van der Waals surface area contributed by atoms with Crippen LogP contribution in [0, 0.1) is 6.92 Å². The fraction of sp³-hybridized carbons (Fsp3) is 0.133. The summed E-state index contributed by atoms with van der Waals surface area (Å²) < 4.78 is 5.17. The van der Waals surface area contributed by atoms with Gasteiger partial charge in [-0.25, -0.2) is 0 Å². The second-order valence-corrected chi connectivity index (χ2v) is 4.15. The molecule has 0 fully saturated rings. The van der Waals surface area contributed by atoms with Gasteiger partial charge in [-0.05, 0) is 30.2 Å². The smallest absolute Gasteiger partial charge is 0.308 e. The lowest BCUT2D eigenvalue weighted by Gasteiger charge is -2.11. The summed E-state index contributed by atoms with van der Waals surface area (Å²) in [6.07, 6.45) is 0. The number of nitrogens with two attached hydrogens (primary N) is 1. The van der Waals surface area contributed by atoms with Gasteiger partial charge in [-0.3, -0.25) is 4.79 Å². The van der Waals surface area contributed by atoms with Gasteiger partial charge < -0.3 is 10.5 Å².